The van der Waals surface area contributed by atoms with E-state index in [1.807, 2.05) is 41.3 Å². The van der Waals surface area contributed by atoms with Crippen molar-refractivity contribution >= 4 is 30.1 Å². The molecule has 0 spiro atoms. The van der Waals surface area contributed by atoms with Crippen molar-refractivity contribution in [2.75, 3.05) is 13.2 Å². The minimum Gasteiger partial charge on any atom is -0.447 e. The van der Waals surface area contributed by atoms with E-state index in [0.717, 1.165) is 37.1 Å². The smallest absolute Gasteiger partial charge is 0.410 e. The maximum absolute atomic E-state index is 12.5. The molecule has 1 atom stereocenters. The van der Waals surface area contributed by atoms with Gasteiger partial charge in [0.05, 0.1) is 6.04 Å². The first-order valence-electron chi connectivity index (χ1n) is 10.1. The minimum atomic E-state index is -0.172. The van der Waals surface area contributed by atoms with Gasteiger partial charge in [0.2, 0.25) is 0 Å². The van der Waals surface area contributed by atoms with Crippen molar-refractivity contribution in [1.29, 1.82) is 0 Å². The third kappa shape index (κ3) is 4.55. The number of benzene rings is 2. The number of carbonyl (C=O) groups is 1. The van der Waals surface area contributed by atoms with E-state index in [0.29, 0.717) is 13.2 Å². The molecule has 2 aromatic rings. The lowest BCUT2D eigenvalue weighted by Gasteiger charge is -2.43. The third-order valence-corrected chi connectivity index (χ3v) is 6.69. The van der Waals surface area contributed by atoms with Crippen LogP contribution in [0.3, 0.4) is 0 Å². The number of carbonyl (C=O) groups excluding carboxylic acids is 1. The molecular weight excluding hydrogens is 407 g/mol. The highest BCUT2D eigenvalue weighted by Gasteiger charge is 2.43. The fourth-order valence-corrected chi connectivity index (χ4v) is 5.01. The van der Waals surface area contributed by atoms with Crippen molar-refractivity contribution in [3.8, 4) is 0 Å². The summed E-state index contributed by atoms with van der Waals surface area (Å²) in [5.74, 6) is 0. The van der Waals surface area contributed by atoms with Gasteiger partial charge in [0.25, 0.3) is 0 Å². The molecule has 4 nitrogen and oxygen atoms in total. The quantitative estimate of drug-likeness (QED) is 0.722. The van der Waals surface area contributed by atoms with Crippen molar-refractivity contribution in [3.05, 3.63) is 70.7 Å². The summed E-state index contributed by atoms with van der Waals surface area (Å²) in [4.78, 5) is 14.5. The second-order valence-electron chi connectivity index (χ2n) is 8.05. The number of nitrogens with two attached hydrogens (primary N) is 1. The summed E-state index contributed by atoms with van der Waals surface area (Å²) in [7, 11) is 0. The largest absolute Gasteiger partial charge is 0.447 e. The van der Waals surface area contributed by atoms with Gasteiger partial charge in [0, 0.05) is 23.0 Å². The van der Waals surface area contributed by atoms with Gasteiger partial charge >= 0.3 is 6.09 Å². The van der Waals surface area contributed by atoms with Gasteiger partial charge in [-0.3, -0.25) is 4.90 Å². The fourth-order valence-electron chi connectivity index (χ4n) is 4.82. The highest BCUT2D eigenvalue weighted by Crippen LogP contribution is 2.42. The molecule has 4 rings (SSSR count). The summed E-state index contributed by atoms with van der Waals surface area (Å²) < 4.78 is 5.43. The number of ether oxygens (including phenoxy) is 1. The molecule has 1 heterocycles. The van der Waals surface area contributed by atoms with Gasteiger partial charge in [0.1, 0.15) is 6.61 Å². The molecule has 156 valence electrons. The van der Waals surface area contributed by atoms with Crippen molar-refractivity contribution in [2.45, 2.75) is 49.6 Å². The monoisotopic (exact) mass is 434 g/mol. The van der Waals surface area contributed by atoms with Crippen LogP contribution in [0.25, 0.3) is 0 Å². The van der Waals surface area contributed by atoms with E-state index in [1.165, 1.54) is 11.1 Å². The molecule has 1 aliphatic carbocycles. The van der Waals surface area contributed by atoms with Crippen LogP contribution >= 0.6 is 24.0 Å². The number of nitrogens with zero attached hydrogens (tertiary/aromatic N) is 1. The Morgan fingerprint density at radius 2 is 1.83 bits per heavy atom. The van der Waals surface area contributed by atoms with E-state index in [9.17, 15) is 4.79 Å². The van der Waals surface area contributed by atoms with Crippen molar-refractivity contribution in [3.63, 3.8) is 0 Å². The molecular formula is C23H28Cl2N2O2. The zero-order chi connectivity index (χ0) is 19.6. The van der Waals surface area contributed by atoms with Gasteiger partial charge in [-0.2, -0.15) is 0 Å². The molecule has 1 saturated heterocycles. The summed E-state index contributed by atoms with van der Waals surface area (Å²) in [6.45, 7) is 1.07. The Labute approximate surface area is 183 Å². The van der Waals surface area contributed by atoms with Crippen LogP contribution in [-0.4, -0.2) is 36.2 Å². The zero-order valence-corrected chi connectivity index (χ0v) is 18.0. The predicted molar refractivity (Wildman–Crippen MR) is 119 cm³/mol. The molecule has 0 bridgehead atoms. The molecule has 2 fully saturated rings. The van der Waals surface area contributed by atoms with E-state index < -0.39 is 0 Å². The summed E-state index contributed by atoms with van der Waals surface area (Å²) in [5.41, 5.74) is 8.62. The van der Waals surface area contributed by atoms with Gasteiger partial charge in [-0.25, -0.2) is 4.79 Å². The second-order valence-corrected chi connectivity index (χ2v) is 8.49. The van der Waals surface area contributed by atoms with Crippen molar-refractivity contribution < 1.29 is 9.53 Å². The molecule has 0 radical (unpaired) electrons. The molecule has 0 aromatic heterocycles. The van der Waals surface area contributed by atoms with Crippen LogP contribution in [0.4, 0.5) is 4.79 Å². The Hall–Kier alpha value is -1.75. The Kier molecular flexibility index (Phi) is 7.10. The average Bonchev–Trinajstić information content (AvgIpc) is 3.09. The lowest BCUT2D eigenvalue weighted by atomic mass is 9.68. The lowest BCUT2D eigenvalue weighted by Crippen LogP contribution is -2.49. The highest BCUT2D eigenvalue weighted by atomic mass is 35.5. The number of hydrogen-bond donors (Lipinski definition) is 1. The fraction of sp³-hybridized carbons (Fsp3) is 0.435. The van der Waals surface area contributed by atoms with Gasteiger partial charge in [0.15, 0.2) is 0 Å². The Morgan fingerprint density at radius 3 is 2.48 bits per heavy atom. The maximum Gasteiger partial charge on any atom is 0.410 e. The van der Waals surface area contributed by atoms with Crippen LogP contribution in [0, 0.1) is 0 Å². The SMILES string of the molecule is Cl.NCC1(c2cccc(Cl)c2)CCC(N2C(=O)OCC2Cc2ccccc2)CC1. The van der Waals surface area contributed by atoms with E-state index in [1.54, 1.807) is 0 Å². The minimum absolute atomic E-state index is 0. The van der Waals surface area contributed by atoms with E-state index in [2.05, 4.69) is 18.2 Å². The summed E-state index contributed by atoms with van der Waals surface area (Å²) >= 11 is 6.22. The van der Waals surface area contributed by atoms with Crippen LogP contribution in [0.5, 0.6) is 0 Å². The van der Waals surface area contributed by atoms with Crippen molar-refractivity contribution in [2.24, 2.45) is 5.73 Å². The molecule has 29 heavy (non-hydrogen) atoms. The molecule has 1 unspecified atom stereocenters. The number of cyclic esters (lactones) is 1. The molecule has 1 aliphatic heterocycles. The third-order valence-electron chi connectivity index (χ3n) is 6.45. The average molecular weight is 435 g/mol. The van der Waals surface area contributed by atoms with Crippen molar-refractivity contribution in [1.82, 2.24) is 4.90 Å². The lowest BCUT2D eigenvalue weighted by molar-refractivity contribution is 0.117. The number of halogens is 2. The number of rotatable bonds is 5. The Bertz CT molecular complexity index is 823. The van der Waals surface area contributed by atoms with Crippen LogP contribution in [0.1, 0.15) is 36.8 Å². The molecule has 2 aromatic carbocycles. The van der Waals surface area contributed by atoms with E-state index in [4.69, 9.17) is 22.1 Å². The van der Waals surface area contributed by atoms with Crippen LogP contribution in [0.15, 0.2) is 54.6 Å². The van der Waals surface area contributed by atoms with Gasteiger partial charge in [-0.05, 0) is 55.4 Å². The van der Waals surface area contributed by atoms with E-state index >= 15 is 0 Å². The zero-order valence-electron chi connectivity index (χ0n) is 16.4. The summed E-state index contributed by atoms with van der Waals surface area (Å²) in [5, 5.41) is 0.749. The molecule has 1 amide bonds. The van der Waals surface area contributed by atoms with Gasteiger partial charge < -0.3 is 10.5 Å². The highest BCUT2D eigenvalue weighted by molar-refractivity contribution is 6.30. The summed E-state index contributed by atoms with van der Waals surface area (Å²) in [6.07, 6.45) is 4.44. The summed E-state index contributed by atoms with van der Waals surface area (Å²) in [6, 6.07) is 18.7. The first-order chi connectivity index (χ1) is 13.6. The molecule has 1 saturated carbocycles. The first kappa shape index (κ1) is 21.9. The molecule has 2 aliphatic rings. The van der Waals surface area contributed by atoms with Crippen LogP contribution in [-0.2, 0) is 16.6 Å². The Morgan fingerprint density at radius 1 is 1.10 bits per heavy atom. The molecule has 2 N–H and O–H groups in total. The van der Waals surface area contributed by atoms with Crippen LogP contribution < -0.4 is 5.73 Å². The Balaban J connectivity index is 0.00000240. The second kappa shape index (κ2) is 9.38. The van der Waals surface area contributed by atoms with E-state index in [-0.39, 0.29) is 36.0 Å². The maximum atomic E-state index is 12.5. The first-order valence-corrected chi connectivity index (χ1v) is 10.4. The van der Waals surface area contributed by atoms with Gasteiger partial charge in [-0.15, -0.1) is 12.4 Å². The number of amides is 1. The normalized spacial score (nSPS) is 26.7. The topological polar surface area (TPSA) is 55.6 Å². The number of hydrogen-bond acceptors (Lipinski definition) is 3. The van der Waals surface area contributed by atoms with Crippen LogP contribution in [0.2, 0.25) is 5.02 Å². The molecule has 6 heteroatoms. The standard InChI is InChI=1S/C23H27ClN2O2.ClH/c24-19-8-4-7-18(14-19)23(16-25)11-9-20(10-12-23)26-21(15-28-22(26)27)13-17-5-2-1-3-6-17;/h1-8,14,20-21H,9-13,15-16,25H2;1H. The van der Waals surface area contributed by atoms with Gasteiger partial charge in [-0.1, -0.05) is 54.1 Å². The predicted octanol–water partition coefficient (Wildman–Crippen LogP) is 4.96.